The summed E-state index contributed by atoms with van der Waals surface area (Å²) in [5, 5.41) is 7.35. The number of hydrogen-bond donors (Lipinski definition) is 1. The van der Waals surface area contributed by atoms with Gasteiger partial charge in [-0.3, -0.25) is 4.98 Å². The highest BCUT2D eigenvalue weighted by atomic mass is 79.9. The van der Waals surface area contributed by atoms with Crippen LogP contribution in [0.2, 0.25) is 0 Å². The van der Waals surface area contributed by atoms with Gasteiger partial charge in [0.05, 0.1) is 0 Å². The lowest BCUT2D eigenvalue weighted by Gasteiger charge is -2.19. The minimum Gasteiger partial charge on any atom is -0.339 e. The van der Waals surface area contributed by atoms with Crippen LogP contribution in [0.1, 0.15) is 26.7 Å². The molecule has 1 N–H and O–H groups in total. The van der Waals surface area contributed by atoms with Crippen LogP contribution in [0.4, 0.5) is 0 Å². The van der Waals surface area contributed by atoms with Gasteiger partial charge in [-0.2, -0.15) is 4.98 Å². The van der Waals surface area contributed by atoms with Crippen LogP contribution in [-0.4, -0.2) is 27.2 Å². The summed E-state index contributed by atoms with van der Waals surface area (Å²) < 4.78 is 6.12. The Morgan fingerprint density at radius 2 is 2.11 bits per heavy atom. The van der Waals surface area contributed by atoms with E-state index in [2.05, 4.69) is 57.1 Å². The van der Waals surface area contributed by atoms with Gasteiger partial charge in [0.1, 0.15) is 0 Å². The van der Waals surface area contributed by atoms with Crippen molar-refractivity contribution in [2.24, 2.45) is 0 Å². The summed E-state index contributed by atoms with van der Waals surface area (Å²) in [5.41, 5.74) is 0.935. The summed E-state index contributed by atoms with van der Waals surface area (Å²) in [6.45, 7) is 7.18. The molecule has 102 valence electrons. The number of rotatable bonds is 4. The highest BCUT2D eigenvalue weighted by Gasteiger charge is 2.11. The number of pyridine rings is 1. The van der Waals surface area contributed by atoms with Gasteiger partial charge in [-0.15, -0.1) is 0 Å². The van der Waals surface area contributed by atoms with Gasteiger partial charge < -0.3 is 9.84 Å². The van der Waals surface area contributed by atoms with Crippen molar-refractivity contribution in [1.82, 2.24) is 20.4 Å². The summed E-state index contributed by atoms with van der Waals surface area (Å²) in [7, 11) is 0. The molecule has 6 heteroatoms. The molecule has 0 saturated heterocycles. The molecule has 0 radical (unpaired) electrons. The van der Waals surface area contributed by atoms with Crippen molar-refractivity contribution in [3.8, 4) is 11.4 Å². The van der Waals surface area contributed by atoms with Crippen LogP contribution in [0.15, 0.2) is 27.5 Å². The Bertz CT molecular complexity index is 548. The maximum Gasteiger partial charge on any atom is 0.228 e. The maximum absolute atomic E-state index is 5.23. The molecule has 2 rings (SSSR count). The quantitative estimate of drug-likeness (QED) is 0.936. The van der Waals surface area contributed by atoms with Gasteiger partial charge in [0.15, 0.2) is 0 Å². The van der Waals surface area contributed by atoms with Crippen LogP contribution < -0.4 is 5.32 Å². The number of nitrogens with zero attached hydrogens (tertiary/aromatic N) is 3. The van der Waals surface area contributed by atoms with Crippen LogP contribution in [0.25, 0.3) is 11.4 Å². The molecule has 0 saturated carbocycles. The summed E-state index contributed by atoms with van der Waals surface area (Å²) in [6.07, 6.45) is 4.15. The van der Waals surface area contributed by atoms with Gasteiger partial charge in [0.25, 0.3) is 0 Å². The summed E-state index contributed by atoms with van der Waals surface area (Å²) in [4.78, 5) is 8.45. The molecule has 0 aliphatic rings. The molecule has 0 unspecified atom stereocenters. The molecular weight excluding hydrogens is 308 g/mol. The molecule has 0 aliphatic carbocycles. The fraction of sp³-hybridized carbons (Fsp3) is 0.462. The second-order valence-electron chi connectivity index (χ2n) is 5.33. The van der Waals surface area contributed by atoms with Crippen molar-refractivity contribution in [3.05, 3.63) is 28.8 Å². The fourth-order valence-electron chi connectivity index (χ4n) is 1.55. The second kappa shape index (κ2) is 5.79. The second-order valence-corrected chi connectivity index (χ2v) is 6.25. The van der Waals surface area contributed by atoms with E-state index in [0.29, 0.717) is 18.1 Å². The van der Waals surface area contributed by atoms with E-state index in [9.17, 15) is 0 Å². The van der Waals surface area contributed by atoms with Crippen molar-refractivity contribution < 1.29 is 4.52 Å². The molecule has 2 aromatic rings. The minimum absolute atomic E-state index is 0.0943. The van der Waals surface area contributed by atoms with E-state index in [-0.39, 0.29) is 5.54 Å². The minimum atomic E-state index is 0.0943. The maximum atomic E-state index is 5.23. The van der Waals surface area contributed by atoms with Gasteiger partial charge in [0, 0.05) is 40.9 Å². The molecule has 0 amide bonds. The van der Waals surface area contributed by atoms with E-state index in [0.717, 1.165) is 16.6 Å². The normalized spacial score (nSPS) is 11.8. The number of halogens is 1. The average Bonchev–Trinajstić information content (AvgIpc) is 2.76. The van der Waals surface area contributed by atoms with Crippen LogP contribution in [-0.2, 0) is 6.42 Å². The van der Waals surface area contributed by atoms with Crippen LogP contribution in [0, 0.1) is 0 Å². The Kier molecular flexibility index (Phi) is 4.31. The molecule has 0 fully saturated rings. The lowest BCUT2D eigenvalue weighted by Crippen LogP contribution is -2.37. The van der Waals surface area contributed by atoms with Crippen LogP contribution in [0.3, 0.4) is 0 Å². The molecule has 2 heterocycles. The van der Waals surface area contributed by atoms with Crippen molar-refractivity contribution in [2.45, 2.75) is 32.7 Å². The van der Waals surface area contributed by atoms with Crippen LogP contribution in [0.5, 0.6) is 0 Å². The van der Waals surface area contributed by atoms with Crippen molar-refractivity contribution in [2.75, 3.05) is 6.54 Å². The summed E-state index contributed by atoms with van der Waals surface area (Å²) in [5.74, 6) is 1.20. The van der Waals surface area contributed by atoms with Crippen molar-refractivity contribution >= 4 is 15.9 Å². The number of hydrogen-bond acceptors (Lipinski definition) is 5. The zero-order valence-electron chi connectivity index (χ0n) is 11.3. The SMILES string of the molecule is CC(C)(C)NCCc1nc(-c2cncc(Br)c2)no1. The van der Waals surface area contributed by atoms with Crippen LogP contribution >= 0.6 is 15.9 Å². The third-order valence-electron chi connectivity index (χ3n) is 2.43. The predicted molar refractivity (Wildman–Crippen MR) is 76.7 cm³/mol. The third kappa shape index (κ3) is 4.40. The smallest absolute Gasteiger partial charge is 0.228 e. The molecule has 0 aliphatic heterocycles. The van der Waals surface area contributed by atoms with Gasteiger partial charge in [-0.25, -0.2) is 0 Å². The highest BCUT2D eigenvalue weighted by Crippen LogP contribution is 2.18. The molecule has 0 spiro atoms. The first-order chi connectivity index (χ1) is 8.94. The zero-order chi connectivity index (χ0) is 13.9. The highest BCUT2D eigenvalue weighted by molar-refractivity contribution is 9.10. The lowest BCUT2D eigenvalue weighted by atomic mass is 10.1. The van der Waals surface area contributed by atoms with Gasteiger partial charge in [-0.05, 0) is 42.8 Å². The molecule has 5 nitrogen and oxygen atoms in total. The van der Waals surface area contributed by atoms with Gasteiger partial charge in [-0.1, -0.05) is 5.16 Å². The number of aromatic nitrogens is 3. The Hall–Kier alpha value is -1.27. The molecule has 19 heavy (non-hydrogen) atoms. The van der Waals surface area contributed by atoms with Gasteiger partial charge >= 0.3 is 0 Å². The summed E-state index contributed by atoms with van der Waals surface area (Å²) >= 11 is 3.37. The first kappa shape index (κ1) is 14.1. The Morgan fingerprint density at radius 1 is 1.32 bits per heavy atom. The Labute approximate surface area is 121 Å². The average molecular weight is 325 g/mol. The molecule has 0 bridgehead atoms. The number of nitrogens with one attached hydrogen (secondary N) is 1. The zero-order valence-corrected chi connectivity index (χ0v) is 12.9. The third-order valence-corrected chi connectivity index (χ3v) is 2.86. The first-order valence-corrected chi connectivity index (χ1v) is 6.92. The van der Waals surface area contributed by atoms with E-state index in [1.807, 2.05) is 6.07 Å². The van der Waals surface area contributed by atoms with E-state index < -0.39 is 0 Å². The topological polar surface area (TPSA) is 63.8 Å². The Morgan fingerprint density at radius 3 is 2.79 bits per heavy atom. The standard InChI is InChI=1S/C13H17BrN4O/c1-13(2,3)16-5-4-11-17-12(18-19-11)9-6-10(14)8-15-7-9/h6-8,16H,4-5H2,1-3H3. The molecule has 2 aromatic heterocycles. The molecule has 0 atom stereocenters. The fourth-order valence-corrected chi connectivity index (χ4v) is 1.92. The predicted octanol–water partition coefficient (Wildman–Crippen LogP) is 2.82. The van der Waals surface area contributed by atoms with E-state index >= 15 is 0 Å². The Balaban J connectivity index is 1.99. The van der Waals surface area contributed by atoms with E-state index in [1.165, 1.54) is 0 Å². The van der Waals surface area contributed by atoms with Gasteiger partial charge in [0.2, 0.25) is 11.7 Å². The lowest BCUT2D eigenvalue weighted by molar-refractivity contribution is 0.362. The van der Waals surface area contributed by atoms with Crippen molar-refractivity contribution in [3.63, 3.8) is 0 Å². The summed E-state index contributed by atoms with van der Waals surface area (Å²) in [6, 6.07) is 1.91. The molecule has 0 aromatic carbocycles. The van der Waals surface area contributed by atoms with Crippen molar-refractivity contribution in [1.29, 1.82) is 0 Å². The first-order valence-electron chi connectivity index (χ1n) is 6.12. The molecular formula is C13H17BrN4O. The largest absolute Gasteiger partial charge is 0.339 e. The monoisotopic (exact) mass is 324 g/mol. The van der Waals surface area contributed by atoms with E-state index in [4.69, 9.17) is 4.52 Å². The van der Waals surface area contributed by atoms with E-state index in [1.54, 1.807) is 12.4 Å².